The summed E-state index contributed by atoms with van der Waals surface area (Å²) < 4.78 is 36.9. The number of benzene rings is 1. The van der Waals surface area contributed by atoms with Gasteiger partial charge in [-0.3, -0.25) is 9.89 Å². The van der Waals surface area contributed by atoms with Crippen molar-refractivity contribution < 1.29 is 13.2 Å². The molecule has 1 heterocycles. The van der Waals surface area contributed by atoms with Crippen LogP contribution in [0.4, 0.5) is 13.2 Å². The molecule has 1 aliphatic heterocycles. The smallest absolute Gasteiger partial charge is 0.357 e. The summed E-state index contributed by atoms with van der Waals surface area (Å²) in [5.74, 6) is 0.481. The molecule has 0 saturated carbocycles. The van der Waals surface area contributed by atoms with Crippen molar-refractivity contribution in [3.05, 3.63) is 35.4 Å². The van der Waals surface area contributed by atoms with E-state index in [1.807, 2.05) is 6.92 Å². The largest absolute Gasteiger partial charge is 0.390 e. The van der Waals surface area contributed by atoms with Gasteiger partial charge in [-0.2, -0.15) is 13.2 Å². The zero-order valence-electron chi connectivity index (χ0n) is 16.0. The number of aliphatic imine (C=N–C) groups is 1. The standard InChI is InChI=1S/C19H29F3N4.HI/c1-3-23-18(24-11-10-19(20,21)22)25-17-8-12-26(13-9-17)14-16-7-5-4-6-15(16)2;/h4-7,17H,3,8-14H2,1-2H3,(H2,23,24,25);1H. The molecule has 0 amide bonds. The molecule has 0 bridgehead atoms. The number of nitrogens with one attached hydrogen (secondary N) is 2. The number of alkyl halides is 3. The molecule has 0 unspecified atom stereocenters. The van der Waals surface area contributed by atoms with Crippen molar-refractivity contribution in [1.29, 1.82) is 0 Å². The Hall–Kier alpha value is -1.03. The van der Waals surface area contributed by atoms with Gasteiger partial charge in [0.1, 0.15) is 0 Å². The number of hydrogen-bond donors (Lipinski definition) is 2. The van der Waals surface area contributed by atoms with Gasteiger partial charge in [-0.15, -0.1) is 24.0 Å². The lowest BCUT2D eigenvalue weighted by atomic mass is 10.0. The van der Waals surface area contributed by atoms with Crippen LogP contribution in [0.3, 0.4) is 0 Å². The van der Waals surface area contributed by atoms with Crippen LogP contribution in [0.2, 0.25) is 0 Å². The SMILES string of the molecule is CCNC(=NCCC(F)(F)F)NC1CCN(Cc2ccccc2C)CC1.I. The summed E-state index contributed by atoms with van der Waals surface area (Å²) in [5.41, 5.74) is 2.65. The van der Waals surface area contributed by atoms with Gasteiger partial charge in [0.05, 0.1) is 13.0 Å². The molecule has 154 valence electrons. The van der Waals surface area contributed by atoms with Crippen LogP contribution >= 0.6 is 24.0 Å². The van der Waals surface area contributed by atoms with E-state index < -0.39 is 12.6 Å². The van der Waals surface area contributed by atoms with Crippen molar-refractivity contribution >= 4 is 29.9 Å². The first-order valence-electron chi connectivity index (χ1n) is 9.26. The number of nitrogens with zero attached hydrogens (tertiary/aromatic N) is 2. The van der Waals surface area contributed by atoms with Crippen LogP contribution in [0, 0.1) is 6.92 Å². The van der Waals surface area contributed by atoms with Gasteiger partial charge in [0.25, 0.3) is 0 Å². The average molecular weight is 498 g/mol. The molecule has 0 aromatic heterocycles. The lowest BCUT2D eigenvalue weighted by Crippen LogP contribution is -2.48. The van der Waals surface area contributed by atoms with Crippen molar-refractivity contribution in [3.63, 3.8) is 0 Å². The van der Waals surface area contributed by atoms with Crippen molar-refractivity contribution in [2.45, 2.75) is 51.9 Å². The van der Waals surface area contributed by atoms with E-state index in [1.54, 1.807) is 0 Å². The predicted molar refractivity (Wildman–Crippen MR) is 115 cm³/mol. The van der Waals surface area contributed by atoms with E-state index in [0.29, 0.717) is 12.5 Å². The van der Waals surface area contributed by atoms with Crippen molar-refractivity contribution in [3.8, 4) is 0 Å². The lowest BCUT2D eigenvalue weighted by Gasteiger charge is -2.33. The second-order valence-electron chi connectivity index (χ2n) is 6.75. The van der Waals surface area contributed by atoms with Gasteiger partial charge < -0.3 is 10.6 Å². The second kappa shape index (κ2) is 11.7. The van der Waals surface area contributed by atoms with Crippen molar-refractivity contribution in [1.82, 2.24) is 15.5 Å². The van der Waals surface area contributed by atoms with Gasteiger partial charge in [-0.1, -0.05) is 24.3 Å². The van der Waals surface area contributed by atoms with E-state index in [9.17, 15) is 13.2 Å². The molecular weight excluding hydrogens is 468 g/mol. The molecule has 8 heteroatoms. The Kier molecular flexibility index (Phi) is 10.4. The van der Waals surface area contributed by atoms with E-state index >= 15 is 0 Å². The summed E-state index contributed by atoms with van der Waals surface area (Å²) in [6, 6.07) is 8.65. The molecule has 1 aromatic rings. The number of guanidine groups is 1. The molecule has 2 N–H and O–H groups in total. The summed E-state index contributed by atoms with van der Waals surface area (Å²) in [4.78, 5) is 6.48. The normalized spacial score (nSPS) is 16.7. The lowest BCUT2D eigenvalue weighted by molar-refractivity contribution is -0.132. The molecule has 1 aromatic carbocycles. The third-order valence-electron chi connectivity index (χ3n) is 4.59. The first kappa shape index (κ1) is 24.0. The minimum atomic E-state index is -4.16. The Labute approximate surface area is 177 Å². The number of rotatable bonds is 6. The quantitative estimate of drug-likeness (QED) is 0.353. The highest BCUT2D eigenvalue weighted by Gasteiger charge is 2.26. The van der Waals surface area contributed by atoms with Gasteiger partial charge >= 0.3 is 6.18 Å². The highest BCUT2D eigenvalue weighted by atomic mass is 127. The van der Waals surface area contributed by atoms with Crippen LogP contribution in [-0.2, 0) is 6.54 Å². The Morgan fingerprint density at radius 3 is 2.48 bits per heavy atom. The Bertz CT molecular complexity index is 585. The third kappa shape index (κ3) is 9.14. The van der Waals surface area contributed by atoms with Crippen LogP contribution in [0.15, 0.2) is 29.3 Å². The fraction of sp³-hybridized carbons (Fsp3) is 0.632. The van der Waals surface area contributed by atoms with Crippen molar-refractivity contribution in [2.24, 2.45) is 4.99 Å². The summed E-state index contributed by atoms with van der Waals surface area (Å²) in [6.45, 7) is 7.30. The Morgan fingerprint density at radius 2 is 1.89 bits per heavy atom. The van der Waals surface area contributed by atoms with Crippen LogP contribution in [0.5, 0.6) is 0 Å². The van der Waals surface area contributed by atoms with Gasteiger partial charge in [-0.05, 0) is 37.8 Å². The molecule has 0 aliphatic carbocycles. The third-order valence-corrected chi connectivity index (χ3v) is 4.59. The van der Waals surface area contributed by atoms with Gasteiger partial charge in [0, 0.05) is 32.2 Å². The van der Waals surface area contributed by atoms with Gasteiger partial charge in [-0.25, -0.2) is 0 Å². The first-order chi connectivity index (χ1) is 12.4. The summed E-state index contributed by atoms with van der Waals surface area (Å²) in [5, 5.41) is 6.32. The van der Waals surface area contributed by atoms with Crippen molar-refractivity contribution in [2.75, 3.05) is 26.2 Å². The van der Waals surface area contributed by atoms with Gasteiger partial charge in [0.2, 0.25) is 0 Å². The van der Waals surface area contributed by atoms with E-state index in [2.05, 4.69) is 51.7 Å². The average Bonchev–Trinajstić information content (AvgIpc) is 2.58. The van der Waals surface area contributed by atoms with Crippen LogP contribution in [0.25, 0.3) is 0 Å². The monoisotopic (exact) mass is 498 g/mol. The number of likely N-dealkylation sites (tertiary alicyclic amines) is 1. The van der Waals surface area contributed by atoms with E-state index in [4.69, 9.17) is 0 Å². The molecule has 27 heavy (non-hydrogen) atoms. The Balaban J connectivity index is 0.00000364. The maximum atomic E-state index is 12.3. The molecule has 4 nitrogen and oxygen atoms in total. The maximum absolute atomic E-state index is 12.3. The van der Waals surface area contributed by atoms with Crippen LogP contribution < -0.4 is 10.6 Å². The summed E-state index contributed by atoms with van der Waals surface area (Å²) >= 11 is 0. The topological polar surface area (TPSA) is 39.7 Å². The maximum Gasteiger partial charge on any atom is 0.390 e. The van der Waals surface area contributed by atoms with Gasteiger partial charge in [0.15, 0.2) is 5.96 Å². The highest BCUT2D eigenvalue weighted by Crippen LogP contribution is 2.19. The van der Waals surface area contributed by atoms with E-state index in [0.717, 1.165) is 32.5 Å². The fourth-order valence-electron chi connectivity index (χ4n) is 3.07. The molecular formula is C19H30F3IN4. The first-order valence-corrected chi connectivity index (χ1v) is 9.26. The van der Waals surface area contributed by atoms with E-state index in [1.165, 1.54) is 11.1 Å². The number of hydrogen-bond acceptors (Lipinski definition) is 2. The van der Waals surface area contributed by atoms with E-state index in [-0.39, 0.29) is 36.6 Å². The zero-order chi connectivity index (χ0) is 19.0. The van der Waals surface area contributed by atoms with Crippen LogP contribution in [-0.4, -0.2) is 49.3 Å². The highest BCUT2D eigenvalue weighted by molar-refractivity contribution is 14.0. The molecule has 1 fully saturated rings. The zero-order valence-corrected chi connectivity index (χ0v) is 18.3. The molecule has 0 atom stereocenters. The summed E-state index contributed by atoms with van der Waals surface area (Å²) in [7, 11) is 0. The molecule has 0 radical (unpaired) electrons. The predicted octanol–water partition coefficient (Wildman–Crippen LogP) is 4.08. The molecule has 1 aliphatic rings. The minimum Gasteiger partial charge on any atom is -0.357 e. The number of halogens is 4. The number of aryl methyl sites for hydroxylation is 1. The Morgan fingerprint density at radius 1 is 1.22 bits per heavy atom. The molecule has 2 rings (SSSR count). The number of piperidine rings is 1. The molecule has 0 spiro atoms. The summed E-state index contributed by atoms with van der Waals surface area (Å²) in [6.07, 6.45) is -3.15. The van der Waals surface area contributed by atoms with Crippen LogP contribution in [0.1, 0.15) is 37.3 Å². The second-order valence-corrected chi connectivity index (χ2v) is 6.75. The minimum absolute atomic E-state index is 0. The fourth-order valence-corrected chi connectivity index (χ4v) is 3.07. The molecule has 1 saturated heterocycles.